The fourth-order valence-corrected chi connectivity index (χ4v) is 6.15. The number of carbonyl (C=O) groups is 3. The lowest BCUT2D eigenvalue weighted by atomic mass is 9.64. The standard InChI is InChI=1S/C31H32ClFN2O4/c1-30(2)12-21-28(23(36)14-30)27(29-22(35-21)13-31(3,4)15-24(29)37)17-5-10-25(20(32)11-17)39-16-26(38)34-19-8-6-18(33)7-9-19/h5-11,27,35H,12-16H2,1-4H3,(H,34,38). The largest absolute Gasteiger partial charge is 0.482 e. The van der Waals surface area contributed by atoms with Crippen LogP contribution in [0.1, 0.15) is 64.9 Å². The van der Waals surface area contributed by atoms with Crippen molar-refractivity contribution in [3.8, 4) is 5.75 Å². The summed E-state index contributed by atoms with van der Waals surface area (Å²) in [5.41, 5.74) is 3.90. The number of anilines is 1. The Balaban J connectivity index is 1.43. The summed E-state index contributed by atoms with van der Waals surface area (Å²) in [6.45, 7) is 8.04. The van der Waals surface area contributed by atoms with E-state index in [9.17, 15) is 18.8 Å². The van der Waals surface area contributed by atoms with Crippen molar-refractivity contribution in [3.05, 3.63) is 81.4 Å². The third kappa shape index (κ3) is 5.64. The van der Waals surface area contributed by atoms with E-state index in [1.807, 2.05) is 6.07 Å². The van der Waals surface area contributed by atoms with Crippen LogP contribution in [0.15, 0.2) is 65.0 Å². The molecule has 0 fully saturated rings. The van der Waals surface area contributed by atoms with E-state index in [0.29, 0.717) is 48.3 Å². The van der Waals surface area contributed by atoms with Crippen molar-refractivity contribution in [2.45, 2.75) is 59.3 Å². The van der Waals surface area contributed by atoms with Crippen LogP contribution in [0.25, 0.3) is 0 Å². The maximum Gasteiger partial charge on any atom is 0.262 e. The van der Waals surface area contributed by atoms with E-state index in [2.05, 4.69) is 38.3 Å². The Morgan fingerprint density at radius 3 is 2.05 bits per heavy atom. The van der Waals surface area contributed by atoms with Crippen molar-refractivity contribution in [2.24, 2.45) is 10.8 Å². The van der Waals surface area contributed by atoms with Crippen molar-refractivity contribution >= 4 is 34.8 Å². The average Bonchev–Trinajstić information content (AvgIpc) is 2.82. The zero-order valence-electron chi connectivity index (χ0n) is 22.5. The molecule has 0 atom stereocenters. The Bertz CT molecular complexity index is 1390. The molecule has 204 valence electrons. The maximum absolute atomic E-state index is 13.5. The number of amides is 1. The summed E-state index contributed by atoms with van der Waals surface area (Å²) >= 11 is 6.61. The zero-order valence-corrected chi connectivity index (χ0v) is 23.3. The van der Waals surface area contributed by atoms with Gasteiger partial charge in [0.15, 0.2) is 18.2 Å². The quantitative estimate of drug-likeness (QED) is 0.446. The van der Waals surface area contributed by atoms with Gasteiger partial charge in [-0.15, -0.1) is 0 Å². The van der Waals surface area contributed by atoms with Gasteiger partial charge in [0.25, 0.3) is 5.91 Å². The lowest BCUT2D eigenvalue weighted by molar-refractivity contribution is -0.119. The van der Waals surface area contributed by atoms with Gasteiger partial charge in [-0.1, -0.05) is 45.4 Å². The van der Waals surface area contributed by atoms with E-state index >= 15 is 0 Å². The molecule has 2 aromatic carbocycles. The minimum absolute atomic E-state index is 0.0387. The van der Waals surface area contributed by atoms with Gasteiger partial charge in [-0.05, 0) is 65.6 Å². The number of dihydropyridines is 1. The molecule has 0 saturated heterocycles. The first kappa shape index (κ1) is 27.1. The molecule has 39 heavy (non-hydrogen) atoms. The molecule has 0 saturated carbocycles. The number of carbonyl (C=O) groups excluding carboxylic acids is 3. The van der Waals surface area contributed by atoms with Crippen LogP contribution in [0, 0.1) is 16.6 Å². The normalized spacial score (nSPS) is 20.3. The number of nitrogens with one attached hydrogen (secondary N) is 2. The van der Waals surface area contributed by atoms with E-state index in [1.165, 1.54) is 24.3 Å². The van der Waals surface area contributed by atoms with Gasteiger partial charge in [0, 0.05) is 47.0 Å². The van der Waals surface area contributed by atoms with Gasteiger partial charge in [0.2, 0.25) is 0 Å². The number of allylic oxidation sites excluding steroid dienone is 4. The molecule has 2 N–H and O–H groups in total. The molecule has 0 radical (unpaired) electrons. The molecule has 1 heterocycles. The van der Waals surface area contributed by atoms with Crippen molar-refractivity contribution in [1.82, 2.24) is 5.32 Å². The van der Waals surface area contributed by atoms with Gasteiger partial charge in [-0.3, -0.25) is 14.4 Å². The number of Topliss-reactive ketones (excluding diaryl/α,β-unsaturated/α-hetero) is 2. The summed E-state index contributed by atoms with van der Waals surface area (Å²) in [5, 5.41) is 6.42. The topological polar surface area (TPSA) is 84.5 Å². The van der Waals surface area contributed by atoms with Crippen LogP contribution < -0.4 is 15.4 Å². The van der Waals surface area contributed by atoms with Crippen molar-refractivity contribution < 1.29 is 23.5 Å². The maximum atomic E-state index is 13.5. The number of hydrogen-bond donors (Lipinski definition) is 2. The van der Waals surface area contributed by atoms with Gasteiger partial charge in [-0.2, -0.15) is 0 Å². The summed E-state index contributed by atoms with van der Waals surface area (Å²) in [6, 6.07) is 10.6. The molecule has 3 aliphatic rings. The van der Waals surface area contributed by atoms with Crippen molar-refractivity contribution in [3.63, 3.8) is 0 Å². The molecular formula is C31H32ClFN2O4. The van der Waals surface area contributed by atoms with Crippen LogP contribution in [0.2, 0.25) is 5.02 Å². The van der Waals surface area contributed by atoms with Gasteiger partial charge < -0.3 is 15.4 Å². The minimum Gasteiger partial charge on any atom is -0.482 e. The smallest absolute Gasteiger partial charge is 0.262 e. The molecular weight excluding hydrogens is 519 g/mol. The molecule has 0 spiro atoms. The molecule has 1 aliphatic heterocycles. The predicted octanol–water partition coefficient (Wildman–Crippen LogP) is 6.47. The van der Waals surface area contributed by atoms with Gasteiger partial charge >= 0.3 is 0 Å². The molecule has 8 heteroatoms. The van der Waals surface area contributed by atoms with Crippen LogP contribution in [-0.2, 0) is 14.4 Å². The fourth-order valence-electron chi connectivity index (χ4n) is 5.91. The lowest BCUT2D eigenvalue weighted by Crippen LogP contribution is -2.42. The highest BCUT2D eigenvalue weighted by Crippen LogP contribution is 2.51. The number of benzene rings is 2. The molecule has 0 bridgehead atoms. The number of ether oxygens (including phenoxy) is 1. The summed E-state index contributed by atoms with van der Waals surface area (Å²) in [4.78, 5) is 39.3. The van der Waals surface area contributed by atoms with Crippen molar-refractivity contribution in [2.75, 3.05) is 11.9 Å². The number of rotatable bonds is 5. The number of ketones is 2. The first-order chi connectivity index (χ1) is 18.3. The average molecular weight is 551 g/mol. The second kappa shape index (κ2) is 9.94. The van der Waals surface area contributed by atoms with E-state index in [4.69, 9.17) is 16.3 Å². The Kier molecular flexibility index (Phi) is 6.91. The molecule has 6 nitrogen and oxygen atoms in total. The summed E-state index contributed by atoms with van der Waals surface area (Å²) in [5.74, 6) is -0.937. The van der Waals surface area contributed by atoms with E-state index in [1.54, 1.807) is 12.1 Å². The minimum atomic E-state index is -0.503. The Hall–Kier alpha value is -3.45. The van der Waals surface area contributed by atoms with E-state index in [-0.39, 0.29) is 34.0 Å². The highest BCUT2D eigenvalue weighted by Gasteiger charge is 2.46. The highest BCUT2D eigenvalue weighted by atomic mass is 35.5. The van der Waals surface area contributed by atoms with Gasteiger partial charge in [-0.25, -0.2) is 4.39 Å². The molecule has 2 aliphatic carbocycles. The highest BCUT2D eigenvalue weighted by molar-refractivity contribution is 6.32. The third-order valence-corrected chi connectivity index (χ3v) is 7.79. The fraction of sp³-hybridized carbons (Fsp3) is 0.387. The van der Waals surface area contributed by atoms with E-state index < -0.39 is 17.6 Å². The SMILES string of the molecule is CC1(C)CC(=O)C2=C(C1)NC1=C(C(=O)CC(C)(C)C1)C2c1ccc(OCC(=O)Nc2ccc(F)cc2)c(Cl)c1. The second-order valence-electron chi connectivity index (χ2n) is 12.3. The summed E-state index contributed by atoms with van der Waals surface area (Å²) in [6.07, 6.45) is 2.25. The first-order valence-corrected chi connectivity index (χ1v) is 13.5. The van der Waals surface area contributed by atoms with Crippen molar-refractivity contribution in [1.29, 1.82) is 0 Å². The lowest BCUT2D eigenvalue weighted by Gasteiger charge is -2.44. The predicted molar refractivity (Wildman–Crippen MR) is 148 cm³/mol. The van der Waals surface area contributed by atoms with Crippen LogP contribution in [0.5, 0.6) is 5.75 Å². The molecule has 0 unspecified atom stereocenters. The van der Waals surface area contributed by atoms with E-state index in [0.717, 1.165) is 17.0 Å². The molecule has 5 rings (SSSR count). The Morgan fingerprint density at radius 2 is 1.51 bits per heavy atom. The molecule has 1 amide bonds. The second-order valence-corrected chi connectivity index (χ2v) is 12.7. The summed E-state index contributed by atoms with van der Waals surface area (Å²) < 4.78 is 18.8. The van der Waals surface area contributed by atoms with Crippen LogP contribution in [0.4, 0.5) is 10.1 Å². The number of halogens is 2. The Labute approximate surface area is 232 Å². The van der Waals surface area contributed by atoms with Crippen LogP contribution >= 0.6 is 11.6 Å². The monoisotopic (exact) mass is 550 g/mol. The Morgan fingerprint density at radius 1 is 0.949 bits per heavy atom. The molecule has 0 aromatic heterocycles. The number of hydrogen-bond acceptors (Lipinski definition) is 5. The summed E-state index contributed by atoms with van der Waals surface area (Å²) in [7, 11) is 0. The molecule has 2 aromatic rings. The van der Waals surface area contributed by atoms with Crippen LogP contribution in [0.3, 0.4) is 0 Å². The van der Waals surface area contributed by atoms with Gasteiger partial charge in [0.1, 0.15) is 11.6 Å². The van der Waals surface area contributed by atoms with Crippen LogP contribution in [-0.4, -0.2) is 24.1 Å². The third-order valence-electron chi connectivity index (χ3n) is 7.50. The zero-order chi connectivity index (χ0) is 28.1. The van der Waals surface area contributed by atoms with Gasteiger partial charge in [0.05, 0.1) is 5.02 Å². The first-order valence-electron chi connectivity index (χ1n) is 13.1.